The van der Waals surface area contributed by atoms with E-state index in [9.17, 15) is 4.79 Å². The minimum Gasteiger partial charge on any atom is -0.501 e. The molecule has 0 aliphatic rings. The van der Waals surface area contributed by atoms with Crippen molar-refractivity contribution in [1.82, 2.24) is 0 Å². The maximum Gasteiger partial charge on any atom is 0.337 e. The second-order valence-corrected chi connectivity index (χ2v) is 2.17. The summed E-state index contributed by atoms with van der Waals surface area (Å²) < 4.78 is 9.80. The van der Waals surface area contributed by atoms with E-state index in [1.54, 1.807) is 6.92 Å². The van der Waals surface area contributed by atoms with E-state index < -0.39 is 0 Å². The predicted octanol–water partition coefficient (Wildman–Crippen LogP) is 1.88. The lowest BCUT2D eigenvalue weighted by molar-refractivity contribution is -0.138. The number of rotatable bonds is 5. The van der Waals surface area contributed by atoms with E-state index in [-0.39, 0.29) is 5.97 Å². The molecular formula is C9H16O3. The molecule has 0 aromatic heterocycles. The summed E-state index contributed by atoms with van der Waals surface area (Å²) >= 11 is 0. The first-order chi connectivity index (χ1) is 5.76. The van der Waals surface area contributed by atoms with E-state index in [0.29, 0.717) is 25.2 Å². The first-order valence-corrected chi connectivity index (χ1v) is 4.23. The molecule has 0 bridgehead atoms. The van der Waals surface area contributed by atoms with Crippen LogP contribution < -0.4 is 0 Å². The summed E-state index contributed by atoms with van der Waals surface area (Å²) in [5.41, 5.74) is 0.582. The summed E-state index contributed by atoms with van der Waals surface area (Å²) in [6.07, 6.45) is 2.11. The van der Waals surface area contributed by atoms with Crippen molar-refractivity contribution in [3.8, 4) is 0 Å². The SMILES string of the molecule is CCO/C=C(\CC)C(=O)OCC. The van der Waals surface area contributed by atoms with Gasteiger partial charge in [0.15, 0.2) is 0 Å². The van der Waals surface area contributed by atoms with Crippen LogP contribution in [0.4, 0.5) is 0 Å². The minimum absolute atomic E-state index is 0.284. The second kappa shape index (κ2) is 6.70. The molecule has 70 valence electrons. The molecule has 12 heavy (non-hydrogen) atoms. The first-order valence-electron chi connectivity index (χ1n) is 4.23. The molecule has 0 rings (SSSR count). The van der Waals surface area contributed by atoms with E-state index in [4.69, 9.17) is 9.47 Å². The minimum atomic E-state index is -0.284. The molecule has 0 amide bonds. The number of ether oxygens (including phenoxy) is 2. The van der Waals surface area contributed by atoms with E-state index in [1.165, 1.54) is 6.26 Å². The monoisotopic (exact) mass is 172 g/mol. The van der Waals surface area contributed by atoms with Crippen LogP contribution >= 0.6 is 0 Å². The van der Waals surface area contributed by atoms with Crippen molar-refractivity contribution in [2.75, 3.05) is 13.2 Å². The molecule has 0 N–H and O–H groups in total. The second-order valence-electron chi connectivity index (χ2n) is 2.17. The van der Waals surface area contributed by atoms with E-state index in [2.05, 4.69) is 0 Å². The predicted molar refractivity (Wildman–Crippen MR) is 46.6 cm³/mol. The Labute approximate surface area is 73.4 Å². The maximum atomic E-state index is 11.1. The molecule has 0 atom stereocenters. The molecule has 3 heteroatoms. The fourth-order valence-electron chi connectivity index (χ4n) is 0.684. The maximum absolute atomic E-state index is 11.1. The van der Waals surface area contributed by atoms with Crippen LogP contribution in [0.2, 0.25) is 0 Å². The fraction of sp³-hybridized carbons (Fsp3) is 0.667. The molecular weight excluding hydrogens is 156 g/mol. The number of hydrogen-bond donors (Lipinski definition) is 0. The van der Waals surface area contributed by atoms with Crippen molar-refractivity contribution in [2.24, 2.45) is 0 Å². The van der Waals surface area contributed by atoms with Gasteiger partial charge in [-0.1, -0.05) is 6.92 Å². The van der Waals surface area contributed by atoms with Crippen molar-refractivity contribution < 1.29 is 14.3 Å². The third-order valence-electron chi connectivity index (χ3n) is 1.31. The zero-order valence-corrected chi connectivity index (χ0v) is 7.92. The van der Waals surface area contributed by atoms with Gasteiger partial charge in [0.1, 0.15) is 0 Å². The van der Waals surface area contributed by atoms with Crippen molar-refractivity contribution >= 4 is 5.97 Å². The van der Waals surface area contributed by atoms with Crippen LogP contribution in [0.1, 0.15) is 27.2 Å². The normalized spacial score (nSPS) is 11.1. The summed E-state index contributed by atoms with van der Waals surface area (Å²) in [5, 5.41) is 0. The molecule has 0 radical (unpaired) electrons. The number of carbonyl (C=O) groups excluding carboxylic acids is 1. The Kier molecular flexibility index (Phi) is 6.15. The Morgan fingerprint density at radius 2 is 1.92 bits per heavy atom. The van der Waals surface area contributed by atoms with Gasteiger partial charge in [0.05, 0.1) is 25.0 Å². The van der Waals surface area contributed by atoms with Crippen molar-refractivity contribution in [3.05, 3.63) is 11.8 Å². The van der Waals surface area contributed by atoms with Gasteiger partial charge in [0.2, 0.25) is 0 Å². The lowest BCUT2D eigenvalue weighted by atomic mass is 10.2. The highest BCUT2D eigenvalue weighted by atomic mass is 16.5. The van der Waals surface area contributed by atoms with Gasteiger partial charge in [0, 0.05) is 0 Å². The molecule has 0 unspecified atom stereocenters. The third kappa shape index (κ3) is 4.01. The Bertz CT molecular complexity index is 161. The third-order valence-corrected chi connectivity index (χ3v) is 1.31. The van der Waals surface area contributed by atoms with Gasteiger partial charge in [0.25, 0.3) is 0 Å². The molecule has 3 nitrogen and oxygen atoms in total. The van der Waals surface area contributed by atoms with Crippen LogP contribution in [0.3, 0.4) is 0 Å². The number of carbonyl (C=O) groups is 1. The van der Waals surface area contributed by atoms with E-state index in [1.807, 2.05) is 13.8 Å². The summed E-state index contributed by atoms with van der Waals surface area (Å²) in [6, 6.07) is 0. The standard InChI is InChI=1S/C9H16O3/c1-4-8(7-11-5-2)9(10)12-6-3/h7H,4-6H2,1-3H3/b8-7+. The summed E-state index contributed by atoms with van der Waals surface area (Å²) in [5.74, 6) is -0.284. The van der Waals surface area contributed by atoms with Gasteiger partial charge < -0.3 is 9.47 Å². The Balaban J connectivity index is 4.04. The van der Waals surface area contributed by atoms with Crippen LogP contribution in [0.15, 0.2) is 11.8 Å². The van der Waals surface area contributed by atoms with Gasteiger partial charge in [-0.2, -0.15) is 0 Å². The molecule has 0 aromatic carbocycles. The largest absolute Gasteiger partial charge is 0.501 e. The van der Waals surface area contributed by atoms with Crippen LogP contribution in [0.5, 0.6) is 0 Å². The number of hydrogen-bond acceptors (Lipinski definition) is 3. The molecule has 0 heterocycles. The Morgan fingerprint density at radius 3 is 2.33 bits per heavy atom. The molecule has 0 aliphatic carbocycles. The quantitative estimate of drug-likeness (QED) is 0.361. The average molecular weight is 172 g/mol. The van der Waals surface area contributed by atoms with Crippen molar-refractivity contribution in [1.29, 1.82) is 0 Å². The average Bonchev–Trinajstić information content (AvgIpc) is 2.06. The molecule has 0 saturated heterocycles. The summed E-state index contributed by atoms with van der Waals surface area (Å²) in [7, 11) is 0. The van der Waals surface area contributed by atoms with E-state index >= 15 is 0 Å². The molecule has 0 fully saturated rings. The van der Waals surface area contributed by atoms with E-state index in [0.717, 1.165) is 0 Å². The van der Waals surface area contributed by atoms with Crippen molar-refractivity contribution in [2.45, 2.75) is 27.2 Å². The molecule has 0 aromatic rings. The van der Waals surface area contributed by atoms with Gasteiger partial charge in [-0.3, -0.25) is 0 Å². The highest BCUT2D eigenvalue weighted by Crippen LogP contribution is 2.03. The molecule has 0 spiro atoms. The highest BCUT2D eigenvalue weighted by molar-refractivity contribution is 5.87. The Hall–Kier alpha value is -0.990. The summed E-state index contributed by atoms with van der Waals surface area (Å²) in [4.78, 5) is 11.1. The zero-order valence-electron chi connectivity index (χ0n) is 7.92. The zero-order chi connectivity index (χ0) is 9.40. The molecule has 0 aliphatic heterocycles. The number of esters is 1. The van der Waals surface area contributed by atoms with Gasteiger partial charge >= 0.3 is 5.97 Å². The van der Waals surface area contributed by atoms with Crippen molar-refractivity contribution in [3.63, 3.8) is 0 Å². The summed E-state index contributed by atoms with van der Waals surface area (Å²) in [6.45, 7) is 6.52. The first kappa shape index (κ1) is 11.0. The van der Waals surface area contributed by atoms with Crippen LogP contribution in [0.25, 0.3) is 0 Å². The van der Waals surface area contributed by atoms with Crippen LogP contribution in [-0.4, -0.2) is 19.2 Å². The lowest BCUT2D eigenvalue weighted by Gasteiger charge is -2.03. The van der Waals surface area contributed by atoms with Gasteiger partial charge in [-0.25, -0.2) is 4.79 Å². The van der Waals surface area contributed by atoms with Gasteiger partial charge in [-0.15, -0.1) is 0 Å². The smallest absolute Gasteiger partial charge is 0.337 e. The Morgan fingerprint density at radius 1 is 1.25 bits per heavy atom. The molecule has 0 saturated carbocycles. The fourth-order valence-corrected chi connectivity index (χ4v) is 0.684. The van der Waals surface area contributed by atoms with Gasteiger partial charge in [-0.05, 0) is 20.3 Å². The van der Waals surface area contributed by atoms with Crippen LogP contribution in [-0.2, 0) is 14.3 Å². The highest BCUT2D eigenvalue weighted by Gasteiger charge is 2.07. The topological polar surface area (TPSA) is 35.5 Å². The van der Waals surface area contributed by atoms with Crippen LogP contribution in [0, 0.1) is 0 Å². The lowest BCUT2D eigenvalue weighted by Crippen LogP contribution is -2.07.